The van der Waals surface area contributed by atoms with E-state index in [1.807, 2.05) is 18.2 Å². The Kier molecular flexibility index (Phi) is 6.64. The average molecular weight is 428 g/mol. The molecular formula is C22H26ClN5O2. The van der Waals surface area contributed by atoms with Crippen molar-refractivity contribution in [3.63, 3.8) is 0 Å². The molecule has 2 aromatic carbocycles. The summed E-state index contributed by atoms with van der Waals surface area (Å²) >= 11 is 6.33. The summed E-state index contributed by atoms with van der Waals surface area (Å²) in [5.41, 5.74) is 7.46. The van der Waals surface area contributed by atoms with Crippen LogP contribution in [0.5, 0.6) is 11.5 Å². The highest BCUT2D eigenvalue weighted by Gasteiger charge is 2.19. The van der Waals surface area contributed by atoms with Crippen LogP contribution in [0.3, 0.4) is 0 Å². The van der Waals surface area contributed by atoms with E-state index >= 15 is 0 Å². The molecule has 0 saturated carbocycles. The van der Waals surface area contributed by atoms with Gasteiger partial charge in [-0.25, -0.2) is 0 Å². The minimum Gasteiger partial charge on any atom is -0.455 e. The second-order valence-corrected chi connectivity index (χ2v) is 7.38. The van der Waals surface area contributed by atoms with E-state index in [0.29, 0.717) is 27.4 Å². The molecule has 3 aromatic rings. The van der Waals surface area contributed by atoms with Gasteiger partial charge >= 0.3 is 0 Å². The van der Waals surface area contributed by atoms with Gasteiger partial charge < -0.3 is 15.5 Å². The maximum absolute atomic E-state index is 12.5. The largest absolute Gasteiger partial charge is 0.455 e. The fourth-order valence-corrected chi connectivity index (χ4v) is 3.40. The van der Waals surface area contributed by atoms with Crippen LogP contribution in [0.15, 0.2) is 42.5 Å². The fourth-order valence-electron chi connectivity index (χ4n) is 3.19. The number of nitrogens with zero attached hydrogens (tertiary/aromatic N) is 2. The fraction of sp³-hybridized carbons (Fsp3) is 0.273. The average Bonchev–Trinajstić information content (AvgIpc) is 3.20. The van der Waals surface area contributed by atoms with Crippen LogP contribution in [-0.2, 0) is 6.54 Å². The minimum atomic E-state index is -0.429. The van der Waals surface area contributed by atoms with E-state index in [4.69, 9.17) is 27.5 Å². The van der Waals surface area contributed by atoms with E-state index in [0.717, 1.165) is 30.1 Å². The molecule has 1 amide bonds. The molecule has 158 valence electrons. The lowest BCUT2D eigenvalue weighted by atomic mass is 10.2. The number of aromatic nitrogens is 1. The molecule has 3 rings (SSSR count). The third-order valence-corrected chi connectivity index (χ3v) is 5.36. The molecule has 7 nitrogen and oxygen atoms in total. The van der Waals surface area contributed by atoms with Gasteiger partial charge in [0.05, 0.1) is 10.5 Å². The van der Waals surface area contributed by atoms with Gasteiger partial charge in [-0.3, -0.25) is 20.0 Å². The van der Waals surface area contributed by atoms with Crippen molar-refractivity contribution in [2.75, 3.05) is 20.1 Å². The molecule has 0 aliphatic carbocycles. The van der Waals surface area contributed by atoms with Crippen LogP contribution in [0.2, 0.25) is 5.02 Å². The lowest BCUT2D eigenvalue weighted by molar-refractivity contribution is 0.0864. The zero-order valence-electron chi connectivity index (χ0n) is 17.3. The Morgan fingerprint density at radius 2 is 1.93 bits per heavy atom. The third kappa shape index (κ3) is 4.58. The lowest BCUT2D eigenvalue weighted by Crippen LogP contribution is -2.38. The molecule has 0 aliphatic rings. The minimum absolute atomic E-state index is 0.274. The highest BCUT2D eigenvalue weighted by molar-refractivity contribution is 6.35. The van der Waals surface area contributed by atoms with Crippen LogP contribution in [0, 0.1) is 5.41 Å². The van der Waals surface area contributed by atoms with Gasteiger partial charge in [-0.2, -0.15) is 0 Å². The number of aromatic amines is 1. The monoisotopic (exact) mass is 427 g/mol. The Labute approximate surface area is 180 Å². The van der Waals surface area contributed by atoms with Crippen LogP contribution in [-0.4, -0.2) is 46.8 Å². The topological polar surface area (TPSA) is 98.4 Å². The summed E-state index contributed by atoms with van der Waals surface area (Å²) in [6.45, 7) is 7.09. The van der Waals surface area contributed by atoms with Gasteiger partial charge in [0.25, 0.3) is 5.91 Å². The number of H-pyrrole nitrogens is 1. The van der Waals surface area contributed by atoms with Crippen molar-refractivity contribution in [1.29, 1.82) is 5.41 Å². The number of hydrogen-bond acceptors (Lipinski definition) is 4. The third-order valence-electron chi connectivity index (χ3n) is 5.03. The van der Waals surface area contributed by atoms with E-state index in [2.05, 4.69) is 29.8 Å². The van der Waals surface area contributed by atoms with Gasteiger partial charge in [0, 0.05) is 19.0 Å². The van der Waals surface area contributed by atoms with E-state index in [1.165, 1.54) is 7.05 Å². The second kappa shape index (κ2) is 9.19. The van der Waals surface area contributed by atoms with Crippen molar-refractivity contribution in [2.24, 2.45) is 5.73 Å². The summed E-state index contributed by atoms with van der Waals surface area (Å²) in [5, 5.41) is 8.61. The van der Waals surface area contributed by atoms with Crippen LogP contribution in [0.1, 0.15) is 29.9 Å². The van der Waals surface area contributed by atoms with Crippen molar-refractivity contribution >= 4 is 34.4 Å². The number of nitrogens with one attached hydrogen (secondary N) is 2. The first-order valence-electron chi connectivity index (χ1n) is 9.76. The Balaban J connectivity index is 1.93. The molecule has 8 heteroatoms. The predicted molar refractivity (Wildman–Crippen MR) is 120 cm³/mol. The summed E-state index contributed by atoms with van der Waals surface area (Å²) in [5.74, 6) is 0.485. The van der Waals surface area contributed by atoms with Crippen LogP contribution < -0.4 is 10.5 Å². The van der Waals surface area contributed by atoms with E-state index in [9.17, 15) is 4.79 Å². The summed E-state index contributed by atoms with van der Waals surface area (Å²) in [4.78, 5) is 19.0. The van der Waals surface area contributed by atoms with Gasteiger partial charge in [0.1, 0.15) is 11.4 Å². The smallest absolute Gasteiger partial charge is 0.276 e. The zero-order valence-corrected chi connectivity index (χ0v) is 18.1. The summed E-state index contributed by atoms with van der Waals surface area (Å²) in [7, 11) is 1.44. The Morgan fingerprint density at radius 1 is 1.20 bits per heavy atom. The number of guanidine groups is 1. The first kappa shape index (κ1) is 21.7. The zero-order chi connectivity index (χ0) is 21.8. The number of carbonyl (C=O) groups excluding carboxylic acids is 1. The van der Waals surface area contributed by atoms with Crippen LogP contribution >= 0.6 is 11.6 Å². The second-order valence-electron chi connectivity index (χ2n) is 6.98. The predicted octanol–water partition coefficient (Wildman–Crippen LogP) is 4.42. The summed E-state index contributed by atoms with van der Waals surface area (Å²) < 4.78 is 6.14. The van der Waals surface area contributed by atoms with Crippen molar-refractivity contribution in [3.8, 4) is 11.5 Å². The molecule has 1 heterocycles. The van der Waals surface area contributed by atoms with Crippen molar-refractivity contribution in [2.45, 2.75) is 20.4 Å². The lowest BCUT2D eigenvalue weighted by Gasteiger charge is -2.18. The number of hydrogen-bond donors (Lipinski definition) is 3. The summed E-state index contributed by atoms with van der Waals surface area (Å²) in [6, 6.07) is 13.1. The number of fused-ring (bicyclic) bond motifs is 1. The molecule has 0 unspecified atom stereocenters. The van der Waals surface area contributed by atoms with E-state index in [-0.39, 0.29) is 11.7 Å². The highest BCUT2D eigenvalue weighted by atomic mass is 35.5. The van der Waals surface area contributed by atoms with Crippen LogP contribution in [0.4, 0.5) is 0 Å². The van der Waals surface area contributed by atoms with Gasteiger partial charge in [-0.05, 0) is 49.0 Å². The first-order chi connectivity index (χ1) is 14.3. The highest BCUT2D eigenvalue weighted by Crippen LogP contribution is 2.35. The molecule has 4 N–H and O–H groups in total. The molecular weight excluding hydrogens is 402 g/mol. The van der Waals surface area contributed by atoms with Crippen molar-refractivity contribution in [3.05, 3.63) is 58.7 Å². The maximum atomic E-state index is 12.5. The summed E-state index contributed by atoms with van der Waals surface area (Å²) in [6.07, 6.45) is 0. The Bertz CT molecular complexity index is 1070. The molecule has 0 atom stereocenters. The number of amides is 1. The number of nitrogens with two attached hydrogens (primary N) is 1. The molecule has 0 spiro atoms. The quantitative estimate of drug-likeness (QED) is 0.384. The molecule has 0 bridgehead atoms. The van der Waals surface area contributed by atoms with E-state index in [1.54, 1.807) is 18.2 Å². The molecule has 0 fully saturated rings. The van der Waals surface area contributed by atoms with Crippen molar-refractivity contribution in [1.82, 2.24) is 14.8 Å². The van der Waals surface area contributed by atoms with Gasteiger partial charge in [-0.1, -0.05) is 37.6 Å². The van der Waals surface area contributed by atoms with Gasteiger partial charge in [0.15, 0.2) is 11.7 Å². The number of halogens is 1. The van der Waals surface area contributed by atoms with Gasteiger partial charge in [0.2, 0.25) is 0 Å². The van der Waals surface area contributed by atoms with Crippen molar-refractivity contribution < 1.29 is 9.53 Å². The number of rotatable bonds is 7. The molecule has 0 radical (unpaired) electrons. The van der Waals surface area contributed by atoms with Crippen LogP contribution in [0.25, 0.3) is 10.9 Å². The molecule has 0 saturated heterocycles. The van der Waals surface area contributed by atoms with E-state index < -0.39 is 5.91 Å². The normalized spacial score (nSPS) is 11.1. The first-order valence-corrected chi connectivity index (χ1v) is 10.1. The Morgan fingerprint density at radius 3 is 2.60 bits per heavy atom. The van der Waals surface area contributed by atoms with Gasteiger partial charge in [-0.15, -0.1) is 0 Å². The molecule has 30 heavy (non-hydrogen) atoms. The molecule has 0 aliphatic heterocycles. The standard InChI is InChI=1S/C22H26ClN5O2/c1-4-28(5-2)13-14-7-6-8-15(11-14)30-19-10-9-17(23)16-12-18(26-20(16)19)21(29)27(3)22(24)25/h6-12,26H,4-5,13H2,1-3H3,(H3,24,25). The SMILES string of the molecule is CCN(CC)Cc1cccc(Oc2ccc(Cl)c3cc(C(=O)N(C)C(=N)N)[nH]c23)c1. The number of carbonyl (C=O) groups is 1. The molecule has 1 aromatic heterocycles. The number of benzene rings is 2. The number of ether oxygens (including phenoxy) is 1. The Hall–Kier alpha value is -3.03. The maximum Gasteiger partial charge on any atom is 0.276 e.